The van der Waals surface area contributed by atoms with Gasteiger partial charge in [0.15, 0.2) is 12.2 Å². The molecule has 2 aromatic carbocycles. The van der Waals surface area contributed by atoms with Gasteiger partial charge in [-0.2, -0.15) is 0 Å². The second-order valence-corrected chi connectivity index (χ2v) is 6.29. The highest BCUT2D eigenvalue weighted by atomic mass is 16.6. The molecule has 9 nitrogen and oxygen atoms in total. The van der Waals surface area contributed by atoms with E-state index in [2.05, 4.69) is 5.32 Å². The Bertz CT molecular complexity index is 913. The Morgan fingerprint density at radius 2 is 1.83 bits per heavy atom. The van der Waals surface area contributed by atoms with E-state index in [1.165, 1.54) is 33.1 Å². The number of rotatable bonds is 8. The summed E-state index contributed by atoms with van der Waals surface area (Å²) in [6.45, 7) is 4.79. The molecule has 0 aliphatic carbocycles. The van der Waals surface area contributed by atoms with Gasteiger partial charge in [-0.25, -0.2) is 4.79 Å². The van der Waals surface area contributed by atoms with Crippen LogP contribution in [0.4, 0.5) is 11.4 Å². The van der Waals surface area contributed by atoms with E-state index >= 15 is 0 Å². The number of methoxy groups -OCH3 is 1. The van der Waals surface area contributed by atoms with Crippen LogP contribution < -0.4 is 14.8 Å². The van der Waals surface area contributed by atoms with E-state index in [1.54, 1.807) is 18.2 Å². The fraction of sp³-hybridized carbons (Fsp3) is 0.300. The molecule has 0 aromatic heterocycles. The number of amides is 1. The zero-order valence-electron chi connectivity index (χ0n) is 16.5. The number of hydrogen-bond donors (Lipinski definition) is 1. The van der Waals surface area contributed by atoms with Gasteiger partial charge in [-0.15, -0.1) is 0 Å². The molecule has 0 spiro atoms. The van der Waals surface area contributed by atoms with Gasteiger partial charge in [0.25, 0.3) is 11.6 Å². The first-order chi connectivity index (χ1) is 13.7. The molecule has 0 saturated carbocycles. The monoisotopic (exact) mass is 402 g/mol. The summed E-state index contributed by atoms with van der Waals surface area (Å²) in [4.78, 5) is 34.9. The van der Waals surface area contributed by atoms with Crippen LogP contribution in [0.25, 0.3) is 0 Å². The van der Waals surface area contributed by atoms with Gasteiger partial charge in [0.05, 0.1) is 17.7 Å². The first-order valence-electron chi connectivity index (χ1n) is 8.78. The molecule has 154 valence electrons. The van der Waals surface area contributed by atoms with Crippen LogP contribution in [0.5, 0.6) is 11.5 Å². The molecule has 0 bridgehead atoms. The number of nitrogens with one attached hydrogen (secondary N) is 1. The van der Waals surface area contributed by atoms with Gasteiger partial charge in [0.1, 0.15) is 11.5 Å². The van der Waals surface area contributed by atoms with Crippen molar-refractivity contribution in [2.24, 2.45) is 0 Å². The SMILES string of the molecule is COc1ccc([N+](=O)[O-])cc1NC(=O)[C@@H](C)OC(=O)[C@H](C)Oc1cccc(C)c1. The summed E-state index contributed by atoms with van der Waals surface area (Å²) in [6, 6.07) is 10.9. The lowest BCUT2D eigenvalue weighted by Gasteiger charge is -2.18. The fourth-order valence-corrected chi connectivity index (χ4v) is 2.41. The molecule has 0 heterocycles. The second-order valence-electron chi connectivity index (χ2n) is 6.29. The van der Waals surface area contributed by atoms with Gasteiger partial charge in [0, 0.05) is 12.1 Å². The Morgan fingerprint density at radius 3 is 2.45 bits per heavy atom. The second kappa shape index (κ2) is 9.54. The number of carbonyl (C=O) groups is 2. The molecule has 0 radical (unpaired) electrons. The fourth-order valence-electron chi connectivity index (χ4n) is 2.41. The molecule has 0 aliphatic heterocycles. The Kier molecular flexibility index (Phi) is 7.13. The number of benzene rings is 2. The smallest absolute Gasteiger partial charge is 0.347 e. The van der Waals surface area contributed by atoms with Crippen molar-refractivity contribution in [2.75, 3.05) is 12.4 Å². The number of ether oxygens (including phenoxy) is 3. The third-order valence-electron chi connectivity index (χ3n) is 3.95. The predicted octanol–water partition coefficient (Wildman–Crippen LogP) is 3.25. The lowest BCUT2D eigenvalue weighted by Crippen LogP contribution is -2.35. The largest absolute Gasteiger partial charge is 0.495 e. The molecule has 29 heavy (non-hydrogen) atoms. The summed E-state index contributed by atoms with van der Waals surface area (Å²) >= 11 is 0. The molecular formula is C20H22N2O7. The Balaban J connectivity index is 2.00. The first-order valence-corrected chi connectivity index (χ1v) is 8.78. The normalized spacial score (nSPS) is 12.4. The number of non-ortho nitro benzene ring substituents is 1. The van der Waals surface area contributed by atoms with Gasteiger partial charge in [-0.05, 0) is 44.5 Å². The van der Waals surface area contributed by atoms with Gasteiger partial charge in [-0.3, -0.25) is 14.9 Å². The number of aryl methyl sites for hydroxylation is 1. The van der Waals surface area contributed by atoms with Crippen LogP contribution >= 0.6 is 0 Å². The average molecular weight is 402 g/mol. The predicted molar refractivity (Wildman–Crippen MR) is 105 cm³/mol. The van der Waals surface area contributed by atoms with Crippen molar-refractivity contribution in [3.8, 4) is 11.5 Å². The lowest BCUT2D eigenvalue weighted by atomic mass is 10.2. The van der Waals surface area contributed by atoms with Gasteiger partial charge < -0.3 is 19.5 Å². The number of carbonyl (C=O) groups excluding carboxylic acids is 2. The minimum atomic E-state index is -1.16. The van der Waals surface area contributed by atoms with Crippen molar-refractivity contribution < 1.29 is 28.7 Å². The van der Waals surface area contributed by atoms with E-state index in [1.807, 2.05) is 13.0 Å². The number of nitro benzene ring substituents is 1. The van der Waals surface area contributed by atoms with Crippen molar-refractivity contribution in [3.05, 3.63) is 58.1 Å². The van der Waals surface area contributed by atoms with E-state index in [0.29, 0.717) is 5.75 Å². The van der Waals surface area contributed by atoms with E-state index in [0.717, 1.165) is 11.6 Å². The zero-order valence-corrected chi connectivity index (χ0v) is 16.5. The Labute approximate surface area is 167 Å². The first kappa shape index (κ1) is 21.7. The number of nitrogens with zero attached hydrogens (tertiary/aromatic N) is 1. The van der Waals surface area contributed by atoms with E-state index in [4.69, 9.17) is 14.2 Å². The van der Waals surface area contributed by atoms with Gasteiger partial charge in [-0.1, -0.05) is 12.1 Å². The number of esters is 1. The van der Waals surface area contributed by atoms with E-state index < -0.39 is 29.0 Å². The molecule has 0 saturated heterocycles. The quantitative estimate of drug-likeness (QED) is 0.409. The van der Waals surface area contributed by atoms with Crippen molar-refractivity contribution in [1.29, 1.82) is 0 Å². The molecule has 0 unspecified atom stereocenters. The van der Waals surface area contributed by atoms with Crippen LogP contribution in [0, 0.1) is 17.0 Å². The van der Waals surface area contributed by atoms with Crippen LogP contribution in [-0.2, 0) is 14.3 Å². The van der Waals surface area contributed by atoms with Crippen LogP contribution in [0.15, 0.2) is 42.5 Å². The summed E-state index contributed by atoms with van der Waals surface area (Å²) in [7, 11) is 1.37. The van der Waals surface area contributed by atoms with Gasteiger partial charge >= 0.3 is 5.97 Å². The lowest BCUT2D eigenvalue weighted by molar-refractivity contribution is -0.384. The van der Waals surface area contributed by atoms with Crippen molar-refractivity contribution >= 4 is 23.3 Å². The number of anilines is 1. The zero-order chi connectivity index (χ0) is 21.6. The van der Waals surface area contributed by atoms with Crippen molar-refractivity contribution in [2.45, 2.75) is 33.0 Å². The summed E-state index contributed by atoms with van der Waals surface area (Å²) in [5.41, 5.74) is 0.853. The summed E-state index contributed by atoms with van der Waals surface area (Å²) in [5.74, 6) is -0.647. The highest BCUT2D eigenvalue weighted by Crippen LogP contribution is 2.29. The van der Waals surface area contributed by atoms with Crippen LogP contribution in [0.1, 0.15) is 19.4 Å². The van der Waals surface area contributed by atoms with E-state index in [9.17, 15) is 19.7 Å². The summed E-state index contributed by atoms with van der Waals surface area (Å²) in [6.07, 6.45) is -2.09. The maximum absolute atomic E-state index is 12.4. The third-order valence-corrected chi connectivity index (χ3v) is 3.95. The highest BCUT2D eigenvalue weighted by molar-refractivity contribution is 5.96. The molecule has 9 heteroatoms. The molecular weight excluding hydrogens is 380 g/mol. The number of nitro groups is 1. The van der Waals surface area contributed by atoms with E-state index in [-0.39, 0.29) is 17.1 Å². The highest BCUT2D eigenvalue weighted by Gasteiger charge is 2.24. The molecule has 2 atom stereocenters. The molecule has 2 aromatic rings. The maximum Gasteiger partial charge on any atom is 0.347 e. The van der Waals surface area contributed by atoms with Crippen LogP contribution in [-0.4, -0.2) is 36.1 Å². The topological polar surface area (TPSA) is 117 Å². The minimum absolute atomic E-state index is 0.0960. The maximum atomic E-state index is 12.4. The number of hydrogen-bond acceptors (Lipinski definition) is 7. The molecule has 1 N–H and O–H groups in total. The average Bonchev–Trinajstić information content (AvgIpc) is 2.67. The minimum Gasteiger partial charge on any atom is -0.495 e. The third kappa shape index (κ3) is 5.93. The molecule has 0 aliphatic rings. The Morgan fingerprint density at radius 1 is 1.10 bits per heavy atom. The van der Waals surface area contributed by atoms with Crippen LogP contribution in [0.2, 0.25) is 0 Å². The molecule has 0 fully saturated rings. The van der Waals surface area contributed by atoms with Gasteiger partial charge in [0.2, 0.25) is 0 Å². The Hall–Kier alpha value is -3.62. The summed E-state index contributed by atoms with van der Waals surface area (Å²) < 4.78 is 15.8. The molecule has 2 rings (SSSR count). The van der Waals surface area contributed by atoms with Crippen LogP contribution in [0.3, 0.4) is 0 Å². The van der Waals surface area contributed by atoms with Crippen molar-refractivity contribution in [3.63, 3.8) is 0 Å². The summed E-state index contributed by atoms with van der Waals surface area (Å²) in [5, 5.41) is 13.4. The standard InChI is InChI=1S/C20H22N2O7/c1-12-6-5-7-16(10-12)28-14(3)20(24)29-13(2)19(23)21-17-11-15(22(25)26)8-9-18(17)27-4/h5-11,13-14H,1-4H3,(H,21,23)/t13-,14+/m1/s1. The molecule has 1 amide bonds. The van der Waals surface area contributed by atoms with Crippen molar-refractivity contribution in [1.82, 2.24) is 0 Å².